The third-order valence-electron chi connectivity index (χ3n) is 12.0. The average molecular weight is 1070 g/mol. The predicted molar refractivity (Wildman–Crippen MR) is 274 cm³/mol. The van der Waals surface area contributed by atoms with Crippen molar-refractivity contribution in [2.75, 3.05) is 0 Å². The normalized spacial score (nSPS) is 13.7. The van der Waals surface area contributed by atoms with Crippen LogP contribution in [-0.4, -0.2) is 14.1 Å². The van der Waals surface area contributed by atoms with Crippen LogP contribution in [0.3, 0.4) is 0 Å². The molecule has 3 heterocycles. The molecule has 0 aliphatic heterocycles. The number of ether oxygens (including phenoxy) is 1. The van der Waals surface area contributed by atoms with E-state index in [1.54, 1.807) is 33.4 Å². The summed E-state index contributed by atoms with van der Waals surface area (Å²) in [6.45, 7) is 11.1. The van der Waals surface area contributed by atoms with E-state index in [-0.39, 0.29) is 54.4 Å². The largest absolute Gasteiger partial charge is 0.510 e. The number of para-hydroxylation sites is 4. The van der Waals surface area contributed by atoms with Crippen molar-refractivity contribution >= 4 is 32.8 Å². The number of aromatic nitrogens is 4. The van der Waals surface area contributed by atoms with Crippen molar-refractivity contribution in [2.24, 2.45) is 5.92 Å². The van der Waals surface area contributed by atoms with Crippen LogP contribution in [0, 0.1) is 24.4 Å². The van der Waals surface area contributed by atoms with Crippen molar-refractivity contribution in [3.63, 3.8) is 0 Å². The zero-order chi connectivity index (χ0) is 54.4. The van der Waals surface area contributed by atoms with E-state index in [0.717, 1.165) is 45.2 Å². The summed E-state index contributed by atoms with van der Waals surface area (Å²) in [5, 5.41) is 2.02. The van der Waals surface area contributed by atoms with Gasteiger partial charge in [-0.3, -0.25) is 4.57 Å². The topological polar surface area (TPSA) is 35.9 Å². The Hall–Kier alpha value is -7.33. The minimum atomic E-state index is -0.572. The van der Waals surface area contributed by atoms with E-state index in [2.05, 4.69) is 100 Å². The first kappa shape index (κ1) is 34.0. The van der Waals surface area contributed by atoms with Gasteiger partial charge in [0.15, 0.2) is 0 Å². The summed E-state index contributed by atoms with van der Waals surface area (Å²) < 4.78 is 99.3. The molecule has 0 aliphatic carbocycles. The number of fused-ring (bicyclic) bond motifs is 4. The van der Waals surface area contributed by atoms with Crippen LogP contribution in [0.5, 0.6) is 11.5 Å². The zero-order valence-electron chi connectivity index (χ0n) is 48.0. The molecule has 0 spiro atoms. The Morgan fingerprint density at radius 1 is 0.647 bits per heavy atom. The van der Waals surface area contributed by atoms with Crippen LogP contribution in [0.25, 0.3) is 83.4 Å². The summed E-state index contributed by atoms with van der Waals surface area (Å²) in [5.74, 6) is 1.94. The molecule has 8 aromatic carbocycles. The molecule has 0 atom stereocenters. The fraction of sp³-hybridized carbons (Fsp3) is 0.129. The molecule has 0 bridgehead atoms. The van der Waals surface area contributed by atoms with Gasteiger partial charge >= 0.3 is 0 Å². The van der Waals surface area contributed by atoms with Gasteiger partial charge in [0.1, 0.15) is 5.82 Å². The van der Waals surface area contributed by atoms with Crippen LogP contribution in [0.2, 0.25) is 0 Å². The van der Waals surface area contributed by atoms with Gasteiger partial charge in [-0.25, -0.2) is 4.98 Å². The summed E-state index contributed by atoms with van der Waals surface area (Å²) >= 11 is 0. The number of pyridine rings is 1. The van der Waals surface area contributed by atoms with Gasteiger partial charge in [0, 0.05) is 49.8 Å². The van der Waals surface area contributed by atoms with E-state index >= 15 is 0 Å². The van der Waals surface area contributed by atoms with E-state index in [9.17, 15) is 0 Å². The average Bonchev–Trinajstić information content (AvgIpc) is 4.12. The molecule has 0 amide bonds. The Morgan fingerprint density at radius 3 is 1.99 bits per heavy atom. The maximum Gasteiger partial charge on any atom is 0.268 e. The minimum Gasteiger partial charge on any atom is -0.510 e. The Balaban J connectivity index is 0.00000688. The van der Waals surface area contributed by atoms with Crippen LogP contribution in [0.15, 0.2) is 194 Å². The number of benzene rings is 8. The molecule has 3 aromatic heterocycles. The molecule has 336 valence electrons. The second kappa shape index (κ2) is 18.4. The molecule has 11 rings (SSSR count). The van der Waals surface area contributed by atoms with E-state index in [0.29, 0.717) is 34.1 Å². The van der Waals surface area contributed by atoms with E-state index in [1.165, 1.54) is 11.1 Å². The van der Waals surface area contributed by atoms with Gasteiger partial charge in [-0.05, 0) is 79.9 Å². The molecule has 0 aliphatic rings. The van der Waals surface area contributed by atoms with Gasteiger partial charge in [0.2, 0.25) is 0 Å². The van der Waals surface area contributed by atoms with Crippen molar-refractivity contribution < 1.29 is 44.1 Å². The van der Waals surface area contributed by atoms with Crippen molar-refractivity contribution in [1.82, 2.24) is 14.1 Å². The van der Waals surface area contributed by atoms with Crippen molar-refractivity contribution in [2.45, 2.75) is 46.5 Å². The molecule has 0 fully saturated rings. The third kappa shape index (κ3) is 8.37. The summed E-state index contributed by atoms with van der Waals surface area (Å²) in [7, 11) is 0. The zero-order valence-corrected chi connectivity index (χ0v) is 40.3. The fourth-order valence-electron chi connectivity index (χ4n) is 8.90. The van der Waals surface area contributed by atoms with Crippen LogP contribution in [0.1, 0.15) is 59.5 Å². The number of nitrogens with zero attached hydrogens (tertiary/aromatic N) is 4. The van der Waals surface area contributed by atoms with Gasteiger partial charge in [0.25, 0.3) is 6.33 Å². The molecule has 0 N–H and O–H groups in total. The first-order valence-corrected chi connectivity index (χ1v) is 22.3. The Morgan fingerprint density at radius 2 is 1.29 bits per heavy atom. The Labute approximate surface area is 427 Å². The minimum absolute atomic E-state index is 0. The van der Waals surface area contributed by atoms with Gasteiger partial charge in [-0.2, -0.15) is 18.2 Å². The molecule has 0 unspecified atom stereocenters. The second-order valence-electron chi connectivity index (χ2n) is 18.0. The van der Waals surface area contributed by atoms with Crippen molar-refractivity contribution in [3.8, 4) is 62.1 Å². The van der Waals surface area contributed by atoms with Crippen LogP contribution in [-0.2, 0) is 32.9 Å². The predicted octanol–water partition coefficient (Wildman–Crippen LogP) is 15.1. The maximum atomic E-state index is 9.04. The Bertz CT molecular complexity index is 4060. The van der Waals surface area contributed by atoms with E-state index in [1.807, 2.05) is 66.9 Å². The molecule has 0 saturated carbocycles. The second-order valence-corrected chi connectivity index (χ2v) is 18.0. The Kier molecular flexibility index (Phi) is 9.21. The van der Waals surface area contributed by atoms with Crippen molar-refractivity contribution in [1.29, 1.82) is 0 Å². The fourth-order valence-corrected chi connectivity index (χ4v) is 8.90. The number of rotatable bonds is 10. The molecule has 5 nitrogen and oxygen atoms in total. The smallest absolute Gasteiger partial charge is 0.268 e. The number of imidazole rings is 1. The summed E-state index contributed by atoms with van der Waals surface area (Å²) in [6.07, 6.45) is 6.25. The summed E-state index contributed by atoms with van der Waals surface area (Å²) in [6, 6.07) is 42.4. The molecule has 0 radical (unpaired) electrons. The molecular formula is C62H50N4OPt-2. The van der Waals surface area contributed by atoms with E-state index in [4.69, 9.17) is 23.4 Å². The van der Waals surface area contributed by atoms with Crippen LogP contribution in [0.4, 0.5) is 0 Å². The van der Waals surface area contributed by atoms with Crippen molar-refractivity contribution in [3.05, 3.63) is 224 Å². The molecule has 11 aromatic rings. The molecular weight excluding hydrogens is 1010 g/mol. The molecule has 0 saturated heterocycles. The van der Waals surface area contributed by atoms with Crippen LogP contribution >= 0.6 is 0 Å². The van der Waals surface area contributed by atoms with Gasteiger partial charge in [0.05, 0.1) is 30.4 Å². The van der Waals surface area contributed by atoms with Crippen LogP contribution < -0.4 is 9.30 Å². The first-order valence-electron chi connectivity index (χ1n) is 27.3. The number of hydrogen-bond donors (Lipinski definition) is 0. The summed E-state index contributed by atoms with van der Waals surface area (Å²) in [5.41, 5.74) is 8.27. The number of hydrogen-bond acceptors (Lipinski definition) is 2. The quantitative estimate of drug-likeness (QED) is 0.101. The SMILES string of the molecule is [2H]c1c([2H])c([2H])c(-c2cccc(-c3c([2H])c([2H])c([2H])c([2H])c3[2H])c2-[n+]2[c-]n(-c3[c-]c(Oc4[c-]c5c(cc4)c4ccccc4n5-c4cc(CC(C)C)c(-c5ccc(C(C)(C)C)cc5)cn4)ccc3)c3ccccc32)c([2H])c1[2H].[Pt]. The third-order valence-corrected chi connectivity index (χ3v) is 12.0. The summed E-state index contributed by atoms with van der Waals surface area (Å²) in [4.78, 5) is 5.13. The van der Waals surface area contributed by atoms with Gasteiger partial charge in [-0.1, -0.05) is 185 Å². The standard InChI is InChI=1S/C62H50N4O.Pt/c1-42(2)36-46-37-60(63-40-55(46)45-30-32-47(33-31-45)62(3,4)5)66-56-27-13-12-24-53(56)54-35-34-50(39-59(54)66)67-49-23-16-22-48(38-49)64-41-65(58-29-15-14-28-57(58)64)61-51(43-18-8-6-9-19-43)25-17-26-52(61)44-20-10-7-11-21-44;/h6-35,37,40,42H,36H2,1-5H3;/q-2;/i6D,7D,8D,9D,10D,11D,18D,19D,20D,21D;. The van der Waals surface area contributed by atoms with Gasteiger partial charge < -0.3 is 13.9 Å². The molecule has 6 heteroatoms. The maximum absolute atomic E-state index is 9.04. The van der Waals surface area contributed by atoms with E-state index < -0.39 is 60.4 Å². The molecule has 68 heavy (non-hydrogen) atoms. The monoisotopic (exact) mass is 1070 g/mol. The van der Waals surface area contributed by atoms with Gasteiger partial charge in [-0.15, -0.1) is 29.7 Å². The first-order chi connectivity index (χ1) is 36.8.